The number of carboxylic acid groups (broad SMARTS) is 1. The van der Waals surface area contributed by atoms with Gasteiger partial charge in [-0.05, 0) is 18.6 Å². The lowest BCUT2D eigenvalue weighted by Crippen LogP contribution is -2.15. The highest BCUT2D eigenvalue weighted by molar-refractivity contribution is 6.06. The summed E-state index contributed by atoms with van der Waals surface area (Å²) in [5.41, 5.74) is 1.32. The van der Waals surface area contributed by atoms with Crippen LogP contribution in [0.1, 0.15) is 38.5 Å². The summed E-state index contributed by atoms with van der Waals surface area (Å²) >= 11 is 0. The molecule has 0 spiro atoms. The second-order valence-electron chi connectivity index (χ2n) is 3.71. The van der Waals surface area contributed by atoms with Gasteiger partial charge in [-0.15, -0.1) is 0 Å². The van der Waals surface area contributed by atoms with Crippen LogP contribution in [0.5, 0.6) is 0 Å². The summed E-state index contributed by atoms with van der Waals surface area (Å²) in [5, 5.41) is 17.8. The van der Waals surface area contributed by atoms with Crippen molar-refractivity contribution in [2.75, 3.05) is 0 Å². The predicted octanol–water partition coefficient (Wildman–Crippen LogP) is 1.58. The largest absolute Gasteiger partial charge is 0.477 e. The lowest BCUT2D eigenvalue weighted by molar-refractivity contribution is 0.0690. The molecule has 0 amide bonds. The van der Waals surface area contributed by atoms with Crippen LogP contribution in [0.4, 0.5) is 0 Å². The molecule has 1 aliphatic carbocycles. The maximum Gasteiger partial charge on any atom is 0.354 e. The molecule has 0 saturated carbocycles. The number of carboxylic acids is 1. The fourth-order valence-electron chi connectivity index (χ4n) is 1.82. The fourth-order valence-corrected chi connectivity index (χ4v) is 1.82. The molecule has 0 unspecified atom stereocenters. The molecule has 1 aromatic heterocycles. The molecule has 2 rings (SSSR count). The van der Waals surface area contributed by atoms with Gasteiger partial charge in [-0.3, -0.25) is 4.79 Å². The molecule has 1 heterocycles. The molecule has 5 heteroatoms. The van der Waals surface area contributed by atoms with Gasteiger partial charge in [-0.1, -0.05) is 6.08 Å². The highest BCUT2D eigenvalue weighted by atomic mass is 16.4. The van der Waals surface area contributed by atoms with Gasteiger partial charge in [-0.25, -0.2) is 9.78 Å². The summed E-state index contributed by atoms with van der Waals surface area (Å²) < 4.78 is 0. The Bertz CT molecular complexity index is 609. The van der Waals surface area contributed by atoms with Crippen molar-refractivity contribution in [3.8, 4) is 6.07 Å². The van der Waals surface area contributed by atoms with E-state index in [9.17, 15) is 9.59 Å². The summed E-state index contributed by atoms with van der Waals surface area (Å²) in [6, 6.07) is 3.36. The van der Waals surface area contributed by atoms with Crippen molar-refractivity contribution in [1.29, 1.82) is 5.26 Å². The van der Waals surface area contributed by atoms with E-state index in [-0.39, 0.29) is 23.6 Å². The maximum absolute atomic E-state index is 11.7. The molecule has 1 aromatic rings. The molecule has 0 aromatic carbocycles. The van der Waals surface area contributed by atoms with Gasteiger partial charge >= 0.3 is 5.97 Å². The third-order valence-corrected chi connectivity index (χ3v) is 2.58. The monoisotopic (exact) mass is 228 g/mol. The van der Waals surface area contributed by atoms with Crippen molar-refractivity contribution < 1.29 is 14.7 Å². The van der Waals surface area contributed by atoms with E-state index in [0.29, 0.717) is 16.7 Å². The summed E-state index contributed by atoms with van der Waals surface area (Å²) in [6.07, 6.45) is 1.63. The topological polar surface area (TPSA) is 91.0 Å². The summed E-state index contributed by atoms with van der Waals surface area (Å²) in [5.74, 6) is -1.44. The van der Waals surface area contributed by atoms with E-state index in [2.05, 4.69) is 4.98 Å². The van der Waals surface area contributed by atoms with Gasteiger partial charge in [0.25, 0.3) is 0 Å². The van der Waals surface area contributed by atoms with Crippen molar-refractivity contribution >= 4 is 17.3 Å². The SMILES string of the molecule is Cc1cc(C(=O)O)nc2c1C(C#N)=CCC2=O. The Labute approximate surface area is 97.0 Å². The van der Waals surface area contributed by atoms with Crippen LogP contribution >= 0.6 is 0 Å². The first-order chi connectivity index (χ1) is 8.04. The fraction of sp³-hybridized carbons (Fsp3) is 0.167. The smallest absolute Gasteiger partial charge is 0.354 e. The lowest BCUT2D eigenvalue weighted by atomic mass is 9.91. The molecule has 1 N–H and O–H groups in total. The van der Waals surface area contributed by atoms with Gasteiger partial charge < -0.3 is 5.11 Å². The molecule has 0 atom stereocenters. The van der Waals surface area contributed by atoms with Crippen molar-refractivity contribution in [3.63, 3.8) is 0 Å². The first-order valence-electron chi connectivity index (χ1n) is 4.93. The van der Waals surface area contributed by atoms with E-state index >= 15 is 0 Å². The first-order valence-corrected chi connectivity index (χ1v) is 4.93. The predicted molar refractivity (Wildman–Crippen MR) is 58.5 cm³/mol. The number of carbonyl (C=O) groups excluding carboxylic acids is 1. The van der Waals surface area contributed by atoms with Crippen molar-refractivity contribution in [1.82, 2.24) is 4.98 Å². The molecular weight excluding hydrogens is 220 g/mol. The number of fused-ring (bicyclic) bond motifs is 1. The summed E-state index contributed by atoms with van der Waals surface area (Å²) in [6.45, 7) is 1.66. The zero-order valence-corrected chi connectivity index (χ0v) is 9.02. The molecule has 0 aliphatic heterocycles. The molecule has 5 nitrogen and oxygen atoms in total. The van der Waals surface area contributed by atoms with Crippen LogP contribution in [-0.4, -0.2) is 21.8 Å². The number of allylic oxidation sites excluding steroid dienone is 2. The molecule has 0 fully saturated rings. The number of pyridine rings is 1. The standard InChI is InChI=1S/C12H8N2O3/c1-6-4-8(12(16)17)14-11-9(15)3-2-7(5-13)10(6)11/h2,4H,3H2,1H3,(H,16,17). The lowest BCUT2D eigenvalue weighted by Gasteiger charge is -2.14. The second kappa shape index (κ2) is 3.83. The number of Topliss-reactive ketones (excluding diaryl/α,β-unsaturated/α-hetero) is 1. The molecule has 0 radical (unpaired) electrons. The zero-order chi connectivity index (χ0) is 12.6. The average molecular weight is 228 g/mol. The van der Waals surface area contributed by atoms with E-state index in [1.54, 1.807) is 13.0 Å². The Hall–Kier alpha value is -2.48. The number of carbonyl (C=O) groups is 2. The van der Waals surface area contributed by atoms with Crippen LogP contribution in [0.15, 0.2) is 12.1 Å². The van der Waals surface area contributed by atoms with Crippen LogP contribution < -0.4 is 0 Å². The Kier molecular flexibility index (Phi) is 2.48. The van der Waals surface area contributed by atoms with Gasteiger partial charge in [0.2, 0.25) is 0 Å². The van der Waals surface area contributed by atoms with Crippen molar-refractivity contribution in [2.45, 2.75) is 13.3 Å². The number of ketones is 1. The van der Waals surface area contributed by atoms with Crippen LogP contribution in [0.25, 0.3) is 5.57 Å². The number of nitrogens with zero attached hydrogens (tertiary/aromatic N) is 2. The number of hydrogen-bond donors (Lipinski definition) is 1. The maximum atomic E-state index is 11.7. The summed E-state index contributed by atoms with van der Waals surface area (Å²) in [7, 11) is 0. The molecule has 17 heavy (non-hydrogen) atoms. The first kappa shape index (κ1) is 11.0. The molecular formula is C12H8N2O3. The summed E-state index contributed by atoms with van der Waals surface area (Å²) in [4.78, 5) is 26.3. The number of aromatic carboxylic acids is 1. The quantitative estimate of drug-likeness (QED) is 0.787. The molecule has 84 valence electrons. The van der Waals surface area contributed by atoms with Crippen LogP contribution in [0.2, 0.25) is 0 Å². The highest BCUT2D eigenvalue weighted by Gasteiger charge is 2.24. The van der Waals surface area contributed by atoms with E-state index in [4.69, 9.17) is 10.4 Å². The highest BCUT2D eigenvalue weighted by Crippen LogP contribution is 2.28. The normalized spacial score (nSPS) is 13.6. The van der Waals surface area contributed by atoms with Gasteiger partial charge in [0, 0.05) is 12.0 Å². The Morgan fingerprint density at radius 1 is 1.59 bits per heavy atom. The third kappa shape index (κ3) is 1.70. The van der Waals surface area contributed by atoms with Gasteiger partial charge in [-0.2, -0.15) is 5.26 Å². The van der Waals surface area contributed by atoms with Crippen LogP contribution in [-0.2, 0) is 0 Å². The van der Waals surface area contributed by atoms with E-state index in [1.807, 2.05) is 6.07 Å². The van der Waals surface area contributed by atoms with Crippen LogP contribution in [0.3, 0.4) is 0 Å². The van der Waals surface area contributed by atoms with Crippen LogP contribution in [0, 0.1) is 18.3 Å². The number of aryl methyl sites for hydroxylation is 1. The number of rotatable bonds is 1. The zero-order valence-electron chi connectivity index (χ0n) is 9.02. The second-order valence-corrected chi connectivity index (χ2v) is 3.71. The number of hydrogen-bond acceptors (Lipinski definition) is 4. The number of aromatic nitrogens is 1. The van der Waals surface area contributed by atoms with E-state index in [1.165, 1.54) is 6.07 Å². The van der Waals surface area contributed by atoms with Gasteiger partial charge in [0.15, 0.2) is 5.78 Å². The Balaban J connectivity index is 2.75. The van der Waals surface area contributed by atoms with Gasteiger partial charge in [0.1, 0.15) is 11.4 Å². The third-order valence-electron chi connectivity index (χ3n) is 2.58. The minimum absolute atomic E-state index is 0.0847. The van der Waals surface area contributed by atoms with Crippen molar-refractivity contribution in [2.24, 2.45) is 0 Å². The minimum Gasteiger partial charge on any atom is -0.477 e. The Morgan fingerprint density at radius 2 is 2.29 bits per heavy atom. The average Bonchev–Trinajstić information content (AvgIpc) is 2.30. The van der Waals surface area contributed by atoms with E-state index in [0.717, 1.165) is 0 Å². The van der Waals surface area contributed by atoms with E-state index < -0.39 is 5.97 Å². The Morgan fingerprint density at radius 3 is 2.88 bits per heavy atom. The van der Waals surface area contributed by atoms with Crippen molar-refractivity contribution in [3.05, 3.63) is 34.7 Å². The minimum atomic E-state index is -1.18. The number of nitriles is 1. The molecule has 0 saturated heterocycles. The molecule has 1 aliphatic rings. The van der Waals surface area contributed by atoms with Gasteiger partial charge in [0.05, 0.1) is 11.6 Å². The molecule has 0 bridgehead atoms.